The zero-order valence-electron chi connectivity index (χ0n) is 10.8. The molecule has 0 aromatic heterocycles. The molecule has 0 bridgehead atoms. The predicted molar refractivity (Wildman–Crippen MR) is 96.9 cm³/mol. The first-order chi connectivity index (χ1) is 9.80. The van der Waals surface area contributed by atoms with Crippen LogP contribution in [0.15, 0.2) is 44.0 Å². The molecule has 0 atom stereocenters. The van der Waals surface area contributed by atoms with Crippen LogP contribution in [0.1, 0.15) is 0 Å². The van der Waals surface area contributed by atoms with Crippen molar-refractivity contribution in [1.29, 1.82) is 0 Å². The second kappa shape index (κ2) is 5.02. The normalized spacial score (nSPS) is 16.1. The van der Waals surface area contributed by atoms with Gasteiger partial charge in [0.05, 0.1) is 11.4 Å². The average Bonchev–Trinajstić information content (AvgIpc) is 2.51. The van der Waals surface area contributed by atoms with Crippen LogP contribution in [0.2, 0.25) is 0 Å². The fraction of sp³-hybridized carbons (Fsp3) is 0.143. The van der Waals surface area contributed by atoms with Crippen molar-refractivity contribution in [3.8, 4) is 0 Å². The number of rotatable bonds is 0. The molecule has 2 nitrogen and oxygen atoms in total. The Labute approximate surface area is 134 Å². The molecule has 0 amide bonds. The Hall–Kier alpha value is -0.560. The SMILES string of the molecule is CSC1=Nc2ccc3c4c(ccc(c24)S1)N=C(SC)S3. The first-order valence-corrected chi connectivity index (χ1v) is 10.1. The van der Waals surface area contributed by atoms with E-state index in [0.717, 1.165) is 20.1 Å². The highest BCUT2D eigenvalue weighted by atomic mass is 32.2. The summed E-state index contributed by atoms with van der Waals surface area (Å²) in [6.45, 7) is 0. The molecule has 2 aliphatic rings. The lowest BCUT2D eigenvalue weighted by Gasteiger charge is -2.21. The zero-order valence-corrected chi connectivity index (χ0v) is 14.1. The largest absolute Gasteiger partial charge is 0.234 e. The number of benzene rings is 2. The van der Waals surface area contributed by atoms with Crippen molar-refractivity contribution in [2.45, 2.75) is 9.79 Å². The summed E-state index contributed by atoms with van der Waals surface area (Å²) in [7, 11) is 0. The predicted octanol–water partition coefficient (Wildman–Crippen LogP) is 5.75. The second-order valence-corrected chi connectivity index (χ2v) is 8.45. The van der Waals surface area contributed by atoms with E-state index in [0.29, 0.717) is 0 Å². The summed E-state index contributed by atoms with van der Waals surface area (Å²) < 4.78 is 2.22. The van der Waals surface area contributed by atoms with Gasteiger partial charge in [-0.1, -0.05) is 23.5 Å². The lowest BCUT2D eigenvalue weighted by Crippen LogP contribution is -1.97. The van der Waals surface area contributed by atoms with Crippen molar-refractivity contribution in [3.63, 3.8) is 0 Å². The van der Waals surface area contributed by atoms with Gasteiger partial charge < -0.3 is 0 Å². The first-order valence-electron chi connectivity index (χ1n) is 6.01. The minimum absolute atomic E-state index is 1.08. The molecule has 6 heteroatoms. The number of hydrogen-bond acceptors (Lipinski definition) is 6. The van der Waals surface area contributed by atoms with E-state index in [4.69, 9.17) is 9.98 Å². The van der Waals surface area contributed by atoms with E-state index in [-0.39, 0.29) is 0 Å². The topological polar surface area (TPSA) is 24.7 Å². The minimum atomic E-state index is 1.08. The number of hydrogen-bond donors (Lipinski definition) is 0. The molecule has 0 aliphatic carbocycles. The molecule has 0 fully saturated rings. The zero-order chi connectivity index (χ0) is 13.7. The lowest BCUT2D eigenvalue weighted by atomic mass is 10.1. The molecular formula is C14H10N2S4. The van der Waals surface area contributed by atoms with Crippen molar-refractivity contribution in [2.24, 2.45) is 9.98 Å². The van der Waals surface area contributed by atoms with Crippen LogP contribution in [0, 0.1) is 0 Å². The highest BCUT2D eigenvalue weighted by Gasteiger charge is 2.22. The molecule has 0 N–H and O–H groups in total. The third kappa shape index (κ3) is 1.93. The standard InChI is InChI=1S/C14H10N2S4/c1-17-13-15-7-3-6-10-12-8(16-14(18-2)20-10)4-5-9(19-13)11(7)12/h3-6H,1-2H3. The molecule has 0 unspecified atom stereocenters. The quantitative estimate of drug-likeness (QED) is 0.612. The summed E-state index contributed by atoms with van der Waals surface area (Å²) in [5, 5.41) is 2.53. The molecule has 0 saturated heterocycles. The van der Waals surface area contributed by atoms with Crippen molar-refractivity contribution < 1.29 is 0 Å². The highest BCUT2D eigenvalue weighted by Crippen LogP contribution is 2.50. The van der Waals surface area contributed by atoms with Crippen molar-refractivity contribution in [2.75, 3.05) is 12.5 Å². The van der Waals surface area contributed by atoms with Gasteiger partial charge in [-0.25, -0.2) is 9.98 Å². The molecule has 2 aliphatic heterocycles. The highest BCUT2D eigenvalue weighted by molar-refractivity contribution is 8.39. The second-order valence-electron chi connectivity index (χ2n) is 4.28. The van der Waals surface area contributed by atoms with Gasteiger partial charge in [0.25, 0.3) is 0 Å². The Balaban J connectivity index is 2.06. The summed E-state index contributed by atoms with van der Waals surface area (Å²) in [6, 6.07) is 8.63. The van der Waals surface area contributed by atoms with Crippen LogP contribution < -0.4 is 0 Å². The maximum absolute atomic E-state index is 4.74. The Morgan fingerprint density at radius 3 is 1.60 bits per heavy atom. The Morgan fingerprint density at radius 2 is 1.20 bits per heavy atom. The van der Waals surface area contributed by atoms with Crippen molar-refractivity contribution in [3.05, 3.63) is 24.3 Å². The van der Waals surface area contributed by atoms with Gasteiger partial charge in [-0.05, 0) is 36.8 Å². The molecular weight excluding hydrogens is 324 g/mol. The Bertz CT molecular complexity index is 728. The van der Waals surface area contributed by atoms with Crippen molar-refractivity contribution in [1.82, 2.24) is 0 Å². The van der Waals surface area contributed by atoms with Gasteiger partial charge in [0, 0.05) is 20.6 Å². The van der Waals surface area contributed by atoms with E-state index in [1.165, 1.54) is 20.6 Å². The maximum atomic E-state index is 4.74. The van der Waals surface area contributed by atoms with Crippen LogP contribution in [-0.2, 0) is 0 Å². The van der Waals surface area contributed by atoms with Crippen LogP contribution in [0.4, 0.5) is 11.4 Å². The number of thioether (sulfide) groups is 4. The minimum Gasteiger partial charge on any atom is -0.234 e. The van der Waals surface area contributed by atoms with E-state index in [9.17, 15) is 0 Å². The molecule has 0 saturated carbocycles. The van der Waals surface area contributed by atoms with Gasteiger partial charge in [-0.15, -0.1) is 23.5 Å². The molecule has 0 spiro atoms. The van der Waals surface area contributed by atoms with Crippen LogP contribution in [0.5, 0.6) is 0 Å². The molecule has 2 aromatic rings. The Kier molecular flexibility index (Phi) is 3.29. The number of nitrogens with zero attached hydrogens (tertiary/aromatic N) is 2. The summed E-state index contributed by atoms with van der Waals surface area (Å²) in [4.78, 5) is 12.1. The molecule has 4 rings (SSSR count). The van der Waals surface area contributed by atoms with E-state index >= 15 is 0 Å². The van der Waals surface area contributed by atoms with Gasteiger partial charge >= 0.3 is 0 Å². The van der Waals surface area contributed by atoms with Gasteiger partial charge in [-0.3, -0.25) is 0 Å². The van der Waals surface area contributed by atoms with Crippen LogP contribution in [-0.4, -0.2) is 21.3 Å². The lowest BCUT2D eigenvalue weighted by molar-refractivity contribution is 1.41. The molecule has 2 heterocycles. The molecule has 2 aromatic carbocycles. The van der Waals surface area contributed by atoms with E-state index in [1.54, 1.807) is 47.0 Å². The number of aliphatic imine (C=N–C) groups is 2. The van der Waals surface area contributed by atoms with Crippen molar-refractivity contribution >= 4 is 77.9 Å². The monoisotopic (exact) mass is 334 g/mol. The maximum Gasteiger partial charge on any atom is 0.135 e. The summed E-state index contributed by atoms with van der Waals surface area (Å²) in [5.41, 5.74) is 2.15. The molecule has 0 radical (unpaired) electrons. The van der Waals surface area contributed by atoms with Gasteiger partial charge in [0.15, 0.2) is 0 Å². The molecule has 20 heavy (non-hydrogen) atoms. The van der Waals surface area contributed by atoms with Gasteiger partial charge in [0.2, 0.25) is 0 Å². The summed E-state index contributed by atoms with van der Waals surface area (Å²) in [6.07, 6.45) is 4.15. The van der Waals surface area contributed by atoms with E-state index in [1.807, 2.05) is 0 Å². The third-order valence-corrected chi connectivity index (χ3v) is 7.24. The average molecular weight is 335 g/mol. The van der Waals surface area contributed by atoms with E-state index < -0.39 is 0 Å². The van der Waals surface area contributed by atoms with E-state index in [2.05, 4.69) is 36.8 Å². The third-order valence-electron chi connectivity index (χ3n) is 3.21. The Morgan fingerprint density at radius 1 is 0.750 bits per heavy atom. The van der Waals surface area contributed by atoms with Gasteiger partial charge in [0.1, 0.15) is 8.75 Å². The fourth-order valence-electron chi connectivity index (χ4n) is 2.36. The summed E-state index contributed by atoms with van der Waals surface area (Å²) in [5.74, 6) is 0. The van der Waals surface area contributed by atoms with Crippen LogP contribution >= 0.6 is 47.0 Å². The van der Waals surface area contributed by atoms with Gasteiger partial charge in [-0.2, -0.15) is 0 Å². The summed E-state index contributed by atoms with van der Waals surface area (Å²) >= 11 is 6.92. The molecule has 100 valence electrons. The van der Waals surface area contributed by atoms with Crippen LogP contribution in [0.25, 0.3) is 10.8 Å². The smallest absolute Gasteiger partial charge is 0.135 e. The fourth-order valence-corrected chi connectivity index (χ4v) is 5.50. The first kappa shape index (κ1) is 13.1. The van der Waals surface area contributed by atoms with Crippen LogP contribution in [0.3, 0.4) is 0 Å².